The lowest BCUT2D eigenvalue weighted by molar-refractivity contribution is -0.133. The lowest BCUT2D eigenvalue weighted by atomic mass is 10.0. The van der Waals surface area contributed by atoms with Crippen molar-refractivity contribution < 1.29 is 23.2 Å². The van der Waals surface area contributed by atoms with E-state index in [0.29, 0.717) is 35.9 Å². The second-order valence-electron chi connectivity index (χ2n) is 10.1. The molecule has 0 saturated carbocycles. The standard InChI is InChI=1S/C27H30ClFN4O4/c1-27(2,3)36-26(35)30-21(14-17-7-4-9-19(28)13-17)16-23(34)33-12-6-11-22(33)25-31-24(32-37-25)18-8-5-10-20(29)15-18/h4-5,7-10,13,15,21-22H,6,11-12,14,16H2,1-3H3,(H,30,35). The van der Waals surface area contributed by atoms with Gasteiger partial charge in [-0.05, 0) is 69.9 Å². The van der Waals surface area contributed by atoms with Gasteiger partial charge >= 0.3 is 6.09 Å². The Hall–Kier alpha value is -3.46. The maximum atomic E-state index is 13.6. The van der Waals surface area contributed by atoms with Crippen LogP contribution in [0, 0.1) is 5.82 Å². The highest BCUT2D eigenvalue weighted by molar-refractivity contribution is 6.30. The van der Waals surface area contributed by atoms with Crippen molar-refractivity contribution in [2.45, 2.75) is 64.1 Å². The molecule has 1 aliphatic rings. The van der Waals surface area contributed by atoms with E-state index < -0.39 is 29.6 Å². The molecule has 1 aliphatic heterocycles. The number of carbonyl (C=O) groups excluding carboxylic acids is 2. The number of aromatic nitrogens is 2. The Morgan fingerprint density at radius 1 is 1.24 bits per heavy atom. The van der Waals surface area contributed by atoms with Crippen molar-refractivity contribution in [2.75, 3.05) is 6.54 Å². The van der Waals surface area contributed by atoms with Gasteiger partial charge in [-0.2, -0.15) is 4.98 Å². The minimum absolute atomic E-state index is 0.0488. The normalized spacial score (nSPS) is 16.5. The molecule has 8 nitrogen and oxygen atoms in total. The zero-order valence-corrected chi connectivity index (χ0v) is 21.8. The molecule has 4 rings (SSSR count). The van der Waals surface area contributed by atoms with E-state index in [0.717, 1.165) is 12.0 Å². The molecule has 0 radical (unpaired) electrons. The maximum Gasteiger partial charge on any atom is 0.407 e. The summed E-state index contributed by atoms with van der Waals surface area (Å²) in [5, 5.41) is 7.40. The minimum atomic E-state index is -0.675. The molecule has 0 aliphatic carbocycles. The van der Waals surface area contributed by atoms with Crippen LogP contribution >= 0.6 is 11.6 Å². The van der Waals surface area contributed by atoms with Gasteiger partial charge in [0.25, 0.3) is 0 Å². The van der Waals surface area contributed by atoms with Crippen LogP contribution in [0.15, 0.2) is 53.1 Å². The Kier molecular flexibility index (Phi) is 8.12. The first kappa shape index (κ1) is 26.6. The zero-order valence-electron chi connectivity index (χ0n) is 21.0. The SMILES string of the molecule is CC(C)(C)OC(=O)NC(CC(=O)N1CCCC1c1nc(-c2cccc(F)c2)no1)Cc1cccc(Cl)c1. The molecule has 1 aromatic heterocycles. The Labute approximate surface area is 220 Å². The number of benzene rings is 2. The van der Waals surface area contributed by atoms with Crippen molar-refractivity contribution in [3.63, 3.8) is 0 Å². The summed E-state index contributed by atoms with van der Waals surface area (Å²) < 4.78 is 24.5. The first-order chi connectivity index (χ1) is 17.6. The summed E-state index contributed by atoms with van der Waals surface area (Å²) in [6, 6.07) is 12.3. The zero-order chi connectivity index (χ0) is 26.6. The van der Waals surface area contributed by atoms with Gasteiger partial charge in [0.2, 0.25) is 17.6 Å². The summed E-state index contributed by atoms with van der Waals surface area (Å²) in [5.74, 6) is 0.0108. The van der Waals surface area contributed by atoms with E-state index >= 15 is 0 Å². The predicted octanol–water partition coefficient (Wildman–Crippen LogP) is 5.72. The summed E-state index contributed by atoms with van der Waals surface area (Å²) in [6.07, 6.45) is 1.28. The summed E-state index contributed by atoms with van der Waals surface area (Å²) in [7, 11) is 0. The van der Waals surface area contributed by atoms with Crippen molar-refractivity contribution in [3.05, 3.63) is 70.8 Å². The highest BCUT2D eigenvalue weighted by Crippen LogP contribution is 2.33. The van der Waals surface area contributed by atoms with Crippen LogP contribution in [-0.4, -0.2) is 45.2 Å². The first-order valence-corrected chi connectivity index (χ1v) is 12.6. The second-order valence-corrected chi connectivity index (χ2v) is 10.5. The third kappa shape index (κ3) is 7.29. The van der Waals surface area contributed by atoms with E-state index in [1.54, 1.807) is 49.9 Å². The molecule has 2 amide bonds. The monoisotopic (exact) mass is 528 g/mol. The van der Waals surface area contributed by atoms with Crippen molar-refractivity contribution >= 4 is 23.6 Å². The minimum Gasteiger partial charge on any atom is -0.444 e. The van der Waals surface area contributed by atoms with E-state index in [2.05, 4.69) is 15.5 Å². The van der Waals surface area contributed by atoms with Gasteiger partial charge < -0.3 is 19.5 Å². The van der Waals surface area contributed by atoms with E-state index in [1.165, 1.54) is 12.1 Å². The highest BCUT2D eigenvalue weighted by atomic mass is 35.5. The number of likely N-dealkylation sites (tertiary alicyclic amines) is 1. The van der Waals surface area contributed by atoms with Crippen LogP contribution in [0.25, 0.3) is 11.4 Å². The number of ether oxygens (including phenoxy) is 1. The molecular formula is C27H30ClFN4O4. The smallest absolute Gasteiger partial charge is 0.407 e. The molecule has 1 saturated heterocycles. The van der Waals surface area contributed by atoms with Gasteiger partial charge in [0.15, 0.2) is 0 Å². The molecule has 0 spiro atoms. The quantitative estimate of drug-likeness (QED) is 0.421. The number of halogens is 2. The Morgan fingerprint density at radius 3 is 2.76 bits per heavy atom. The van der Waals surface area contributed by atoms with Crippen LogP contribution in [0.1, 0.15) is 57.5 Å². The highest BCUT2D eigenvalue weighted by Gasteiger charge is 2.35. The molecule has 2 heterocycles. The Morgan fingerprint density at radius 2 is 2.03 bits per heavy atom. The van der Waals surface area contributed by atoms with Crippen LogP contribution in [0.3, 0.4) is 0 Å². The van der Waals surface area contributed by atoms with Crippen LogP contribution < -0.4 is 5.32 Å². The molecule has 37 heavy (non-hydrogen) atoms. The largest absolute Gasteiger partial charge is 0.444 e. The van der Waals surface area contributed by atoms with E-state index in [-0.39, 0.29) is 18.2 Å². The second kappa shape index (κ2) is 11.3. The lowest BCUT2D eigenvalue weighted by Gasteiger charge is -2.27. The molecule has 1 fully saturated rings. The van der Waals surface area contributed by atoms with Gasteiger partial charge in [-0.15, -0.1) is 0 Å². The van der Waals surface area contributed by atoms with Crippen molar-refractivity contribution in [3.8, 4) is 11.4 Å². The predicted molar refractivity (Wildman–Crippen MR) is 136 cm³/mol. The van der Waals surface area contributed by atoms with Gasteiger partial charge in [-0.3, -0.25) is 4.79 Å². The van der Waals surface area contributed by atoms with Gasteiger partial charge in [0.05, 0.1) is 0 Å². The molecule has 196 valence electrons. The lowest BCUT2D eigenvalue weighted by Crippen LogP contribution is -2.43. The first-order valence-electron chi connectivity index (χ1n) is 12.2. The van der Waals surface area contributed by atoms with Gasteiger partial charge in [0.1, 0.15) is 17.5 Å². The Bertz CT molecular complexity index is 1260. The van der Waals surface area contributed by atoms with Crippen LogP contribution in [0.4, 0.5) is 9.18 Å². The number of nitrogens with zero attached hydrogens (tertiary/aromatic N) is 3. The molecule has 2 aromatic carbocycles. The van der Waals surface area contributed by atoms with E-state index in [4.69, 9.17) is 20.9 Å². The average molecular weight is 529 g/mol. The average Bonchev–Trinajstić information content (AvgIpc) is 3.47. The molecule has 1 N–H and O–H groups in total. The molecular weight excluding hydrogens is 499 g/mol. The van der Waals surface area contributed by atoms with Crippen LogP contribution in [0.5, 0.6) is 0 Å². The number of amides is 2. The fraction of sp³-hybridized carbons (Fsp3) is 0.407. The third-order valence-corrected chi connectivity index (χ3v) is 6.13. The van der Waals surface area contributed by atoms with Gasteiger partial charge in [-0.1, -0.05) is 41.0 Å². The number of nitrogens with one attached hydrogen (secondary N) is 1. The van der Waals surface area contributed by atoms with Crippen molar-refractivity contribution in [1.29, 1.82) is 0 Å². The summed E-state index contributed by atoms with van der Waals surface area (Å²) in [4.78, 5) is 32.1. The van der Waals surface area contributed by atoms with Crippen molar-refractivity contribution in [1.82, 2.24) is 20.4 Å². The van der Waals surface area contributed by atoms with Gasteiger partial charge in [0, 0.05) is 29.6 Å². The maximum absolute atomic E-state index is 13.6. The molecule has 0 bridgehead atoms. The van der Waals surface area contributed by atoms with Crippen molar-refractivity contribution in [2.24, 2.45) is 0 Å². The van der Waals surface area contributed by atoms with Crippen LogP contribution in [-0.2, 0) is 16.0 Å². The molecule has 3 aromatic rings. The fourth-order valence-corrected chi connectivity index (χ4v) is 4.58. The number of rotatable bonds is 7. The molecule has 2 unspecified atom stereocenters. The Balaban J connectivity index is 1.49. The van der Waals surface area contributed by atoms with E-state index in [1.807, 2.05) is 12.1 Å². The summed E-state index contributed by atoms with van der Waals surface area (Å²) in [5.41, 5.74) is 0.705. The number of hydrogen-bond acceptors (Lipinski definition) is 6. The van der Waals surface area contributed by atoms with Crippen LogP contribution in [0.2, 0.25) is 5.02 Å². The third-order valence-electron chi connectivity index (χ3n) is 5.90. The fourth-order valence-electron chi connectivity index (χ4n) is 4.36. The topological polar surface area (TPSA) is 97.6 Å². The molecule has 10 heteroatoms. The number of hydrogen-bond donors (Lipinski definition) is 1. The molecule has 2 atom stereocenters. The summed E-state index contributed by atoms with van der Waals surface area (Å²) >= 11 is 6.14. The van der Waals surface area contributed by atoms with Gasteiger partial charge in [-0.25, -0.2) is 9.18 Å². The van der Waals surface area contributed by atoms with E-state index in [9.17, 15) is 14.0 Å². The number of alkyl carbamates (subject to hydrolysis) is 1. The summed E-state index contributed by atoms with van der Waals surface area (Å²) in [6.45, 7) is 5.86. The number of carbonyl (C=O) groups is 2.